The van der Waals surface area contributed by atoms with Gasteiger partial charge in [-0.2, -0.15) is 8.42 Å². The number of hydrogen-bond acceptors (Lipinski definition) is 6. The predicted molar refractivity (Wildman–Crippen MR) is 141 cm³/mol. The SMILES string of the molecule is CCOC(=O)c1ccc(C(CCN(C(C)=O)S(N)(=O)=O)NC(=O)c2[nH]c3ccc(Cl)c(Cl)c3c2C)cc1. The Hall–Kier alpha value is -3.12. The Morgan fingerprint density at radius 3 is 2.35 bits per heavy atom. The summed E-state index contributed by atoms with van der Waals surface area (Å²) in [7, 11) is -4.30. The van der Waals surface area contributed by atoms with Gasteiger partial charge in [-0.05, 0) is 55.7 Å². The number of nitrogens with zero attached hydrogens (tertiary/aromatic N) is 1. The molecule has 198 valence electrons. The Kier molecular flexibility index (Phi) is 8.85. The topological polar surface area (TPSA) is 152 Å². The zero-order chi connectivity index (χ0) is 27.5. The first-order valence-corrected chi connectivity index (χ1v) is 13.5. The van der Waals surface area contributed by atoms with Crippen molar-refractivity contribution in [1.29, 1.82) is 0 Å². The molecule has 2 aromatic carbocycles. The molecule has 1 heterocycles. The fraction of sp³-hybridized carbons (Fsp3) is 0.292. The Bertz CT molecular complexity index is 1450. The fourth-order valence-electron chi connectivity index (χ4n) is 3.93. The van der Waals surface area contributed by atoms with E-state index in [9.17, 15) is 22.8 Å². The highest BCUT2D eigenvalue weighted by Crippen LogP contribution is 2.34. The maximum Gasteiger partial charge on any atom is 0.338 e. The van der Waals surface area contributed by atoms with Gasteiger partial charge in [-0.1, -0.05) is 35.3 Å². The van der Waals surface area contributed by atoms with Gasteiger partial charge in [0.15, 0.2) is 0 Å². The maximum atomic E-state index is 13.3. The Morgan fingerprint density at radius 1 is 1.14 bits per heavy atom. The van der Waals surface area contributed by atoms with Crippen LogP contribution in [0.25, 0.3) is 10.9 Å². The summed E-state index contributed by atoms with van der Waals surface area (Å²) in [6.45, 7) is 4.42. The number of aromatic amines is 1. The largest absolute Gasteiger partial charge is 0.462 e. The first-order valence-electron chi connectivity index (χ1n) is 11.2. The molecule has 0 bridgehead atoms. The van der Waals surface area contributed by atoms with Crippen molar-refractivity contribution in [2.24, 2.45) is 5.14 Å². The molecule has 10 nitrogen and oxygen atoms in total. The standard InChI is InChI=1S/C24H26Cl2N4O6S/c1-4-36-24(33)16-7-5-15(6-8-16)18(11-12-30(14(3)31)37(27,34)35)29-23(32)22-13(2)20-19(28-22)10-9-17(25)21(20)26/h5-10,18,28H,4,11-12H2,1-3H3,(H,29,32)(H2,27,34,35). The summed E-state index contributed by atoms with van der Waals surface area (Å²) in [5.74, 6) is -1.76. The fourth-order valence-corrected chi connectivity index (χ4v) is 5.11. The number of aryl methyl sites for hydroxylation is 1. The van der Waals surface area contributed by atoms with Crippen LogP contribution in [0.2, 0.25) is 10.0 Å². The second-order valence-electron chi connectivity index (χ2n) is 8.20. The lowest BCUT2D eigenvalue weighted by molar-refractivity contribution is -0.124. The highest BCUT2D eigenvalue weighted by molar-refractivity contribution is 7.87. The van der Waals surface area contributed by atoms with E-state index in [1.807, 2.05) is 0 Å². The van der Waals surface area contributed by atoms with E-state index < -0.39 is 34.0 Å². The number of hydrogen-bond donors (Lipinski definition) is 3. The molecule has 0 fully saturated rings. The summed E-state index contributed by atoms with van der Waals surface area (Å²) in [6, 6.07) is 8.85. The molecule has 0 aliphatic rings. The van der Waals surface area contributed by atoms with Gasteiger partial charge in [-0.3, -0.25) is 9.59 Å². The van der Waals surface area contributed by atoms with Crippen molar-refractivity contribution in [2.45, 2.75) is 33.2 Å². The normalized spacial score (nSPS) is 12.3. The molecule has 2 amide bonds. The minimum atomic E-state index is -4.30. The van der Waals surface area contributed by atoms with Gasteiger partial charge >= 0.3 is 16.2 Å². The van der Waals surface area contributed by atoms with Gasteiger partial charge < -0.3 is 15.0 Å². The lowest BCUT2D eigenvalue weighted by Crippen LogP contribution is -2.42. The van der Waals surface area contributed by atoms with Gasteiger partial charge in [0.25, 0.3) is 5.91 Å². The molecule has 1 unspecified atom stereocenters. The Morgan fingerprint density at radius 2 is 1.78 bits per heavy atom. The molecule has 4 N–H and O–H groups in total. The molecule has 0 aliphatic heterocycles. The molecule has 0 saturated carbocycles. The van der Waals surface area contributed by atoms with Gasteiger partial charge in [0.1, 0.15) is 5.69 Å². The molecule has 1 atom stereocenters. The number of benzene rings is 2. The number of amides is 2. The minimum Gasteiger partial charge on any atom is -0.462 e. The monoisotopic (exact) mass is 568 g/mol. The zero-order valence-corrected chi connectivity index (χ0v) is 22.6. The molecule has 0 saturated heterocycles. The number of nitrogens with two attached hydrogens (primary N) is 1. The summed E-state index contributed by atoms with van der Waals surface area (Å²) in [6.07, 6.45) is 0.00631. The van der Waals surface area contributed by atoms with Crippen molar-refractivity contribution in [3.05, 3.63) is 68.8 Å². The van der Waals surface area contributed by atoms with Crippen LogP contribution in [0.1, 0.15) is 58.3 Å². The number of aromatic nitrogens is 1. The Labute approximate surface area is 224 Å². The molecule has 1 aromatic heterocycles. The van der Waals surface area contributed by atoms with Crippen molar-refractivity contribution in [1.82, 2.24) is 14.6 Å². The quantitative estimate of drug-likeness (QED) is 0.333. The molecule has 13 heteroatoms. The van der Waals surface area contributed by atoms with E-state index in [1.165, 1.54) is 12.1 Å². The zero-order valence-electron chi connectivity index (χ0n) is 20.3. The van der Waals surface area contributed by atoms with Crippen LogP contribution >= 0.6 is 23.2 Å². The summed E-state index contributed by atoms with van der Waals surface area (Å²) >= 11 is 12.5. The smallest absolute Gasteiger partial charge is 0.338 e. The van der Waals surface area contributed by atoms with Crippen LogP contribution in [0.4, 0.5) is 0 Å². The average molecular weight is 569 g/mol. The highest BCUT2D eigenvalue weighted by atomic mass is 35.5. The summed E-state index contributed by atoms with van der Waals surface area (Å²) in [5, 5.41) is 9.30. The van der Waals surface area contributed by atoms with E-state index in [4.69, 9.17) is 33.1 Å². The minimum absolute atomic E-state index is 0.00631. The lowest BCUT2D eigenvalue weighted by atomic mass is 10.0. The number of nitrogens with one attached hydrogen (secondary N) is 2. The molecule has 37 heavy (non-hydrogen) atoms. The van der Waals surface area contributed by atoms with E-state index in [0.717, 1.165) is 6.92 Å². The van der Waals surface area contributed by atoms with Gasteiger partial charge in [0.2, 0.25) is 5.91 Å². The average Bonchev–Trinajstić information content (AvgIpc) is 3.17. The molecule has 3 rings (SSSR count). The van der Waals surface area contributed by atoms with Gasteiger partial charge in [-0.25, -0.2) is 14.2 Å². The second kappa shape index (κ2) is 11.5. The third-order valence-electron chi connectivity index (χ3n) is 5.74. The number of H-pyrrole nitrogens is 1. The van der Waals surface area contributed by atoms with Crippen LogP contribution in [-0.4, -0.2) is 48.6 Å². The highest BCUT2D eigenvalue weighted by Gasteiger charge is 2.25. The predicted octanol–water partition coefficient (Wildman–Crippen LogP) is 3.87. The lowest BCUT2D eigenvalue weighted by Gasteiger charge is -2.23. The molecular formula is C24H26Cl2N4O6S. The third kappa shape index (κ3) is 6.42. The van der Waals surface area contributed by atoms with Crippen molar-refractivity contribution in [3.63, 3.8) is 0 Å². The third-order valence-corrected chi connectivity index (χ3v) is 7.60. The number of rotatable bonds is 9. The number of carbonyl (C=O) groups excluding carboxylic acids is 3. The van der Waals surface area contributed by atoms with E-state index in [-0.39, 0.29) is 25.3 Å². The number of carbonyl (C=O) groups is 3. The number of esters is 1. The van der Waals surface area contributed by atoms with Crippen LogP contribution in [-0.2, 0) is 19.7 Å². The van der Waals surface area contributed by atoms with E-state index >= 15 is 0 Å². The molecule has 3 aromatic rings. The van der Waals surface area contributed by atoms with Crippen LogP contribution in [0.3, 0.4) is 0 Å². The number of fused-ring (bicyclic) bond motifs is 1. The van der Waals surface area contributed by atoms with Gasteiger partial charge in [-0.15, -0.1) is 0 Å². The second-order valence-corrected chi connectivity index (χ2v) is 10.5. The summed E-state index contributed by atoms with van der Waals surface area (Å²) in [5.41, 5.74) is 2.30. The Balaban J connectivity index is 1.95. The van der Waals surface area contributed by atoms with Crippen LogP contribution in [0, 0.1) is 6.92 Å². The van der Waals surface area contributed by atoms with Crippen molar-refractivity contribution in [3.8, 4) is 0 Å². The van der Waals surface area contributed by atoms with E-state index in [2.05, 4.69) is 10.3 Å². The van der Waals surface area contributed by atoms with Crippen LogP contribution in [0.15, 0.2) is 36.4 Å². The summed E-state index contributed by atoms with van der Waals surface area (Å²) in [4.78, 5) is 40.3. The molecular weight excluding hydrogens is 543 g/mol. The molecule has 0 aliphatic carbocycles. The van der Waals surface area contributed by atoms with Crippen molar-refractivity contribution < 1.29 is 27.5 Å². The number of halogens is 2. The van der Waals surface area contributed by atoms with E-state index in [0.29, 0.717) is 41.9 Å². The maximum absolute atomic E-state index is 13.3. The van der Waals surface area contributed by atoms with Crippen LogP contribution in [0.5, 0.6) is 0 Å². The van der Waals surface area contributed by atoms with Crippen LogP contribution < -0.4 is 10.5 Å². The molecule has 0 radical (unpaired) electrons. The van der Waals surface area contributed by atoms with Gasteiger partial charge in [0.05, 0.1) is 28.3 Å². The first-order chi connectivity index (χ1) is 17.3. The summed E-state index contributed by atoms with van der Waals surface area (Å²) < 4.78 is 29.3. The van der Waals surface area contributed by atoms with Crippen molar-refractivity contribution >= 4 is 62.1 Å². The number of ether oxygens (including phenoxy) is 1. The first kappa shape index (κ1) is 28.5. The van der Waals surface area contributed by atoms with Crippen molar-refractivity contribution in [2.75, 3.05) is 13.2 Å². The molecule has 0 spiro atoms. The van der Waals surface area contributed by atoms with E-state index in [1.54, 1.807) is 38.1 Å². The van der Waals surface area contributed by atoms with Gasteiger partial charge in [0, 0.05) is 24.4 Å².